The van der Waals surface area contributed by atoms with Gasteiger partial charge in [-0.15, -0.1) is 0 Å². The van der Waals surface area contributed by atoms with Crippen molar-refractivity contribution in [2.45, 2.75) is 38.7 Å². The average Bonchev–Trinajstić information content (AvgIpc) is 2.62. The summed E-state index contributed by atoms with van der Waals surface area (Å²) in [5, 5.41) is 2.75. The first-order valence-corrected chi connectivity index (χ1v) is 10.0. The molecule has 1 aromatic rings. The molecular weight excluding hydrogens is 244 g/mol. The largest absolute Gasteiger partial charge is 0.375 e. The van der Waals surface area contributed by atoms with E-state index in [0.29, 0.717) is 18.8 Å². The number of amides is 1. The van der Waals surface area contributed by atoms with E-state index in [1.807, 2.05) is 12.1 Å². The first-order chi connectivity index (χ1) is 8.44. The molecule has 1 N–H and O–H groups in total. The number of ether oxygens (including phenoxy) is 1. The minimum absolute atomic E-state index is 0.0225. The zero-order valence-electron chi connectivity index (χ0n) is 11.2. The van der Waals surface area contributed by atoms with Crippen LogP contribution < -0.4 is 5.32 Å². The molecule has 0 spiro atoms. The van der Waals surface area contributed by atoms with Crippen LogP contribution in [0.2, 0.25) is 25.7 Å². The van der Waals surface area contributed by atoms with Crippen LogP contribution in [-0.4, -0.2) is 25.6 Å². The first-order valence-electron chi connectivity index (χ1n) is 6.30. The molecule has 98 valence electrons. The van der Waals surface area contributed by atoms with Crippen LogP contribution in [0.15, 0.2) is 12.1 Å². The Morgan fingerprint density at radius 3 is 2.89 bits per heavy atom. The number of fused-ring (bicyclic) bond motifs is 1. The molecule has 0 saturated heterocycles. The summed E-state index contributed by atoms with van der Waals surface area (Å²) in [7, 11) is -1.02. The van der Waals surface area contributed by atoms with Gasteiger partial charge in [0.15, 0.2) is 0 Å². The third kappa shape index (κ3) is 3.65. The van der Waals surface area contributed by atoms with E-state index in [1.165, 1.54) is 0 Å². The van der Waals surface area contributed by atoms with E-state index in [4.69, 9.17) is 4.74 Å². The summed E-state index contributed by atoms with van der Waals surface area (Å²) >= 11 is 0. The lowest BCUT2D eigenvalue weighted by molar-refractivity contribution is -0.115. The number of carbonyl (C=O) groups is 1. The van der Waals surface area contributed by atoms with E-state index in [1.54, 1.807) is 0 Å². The van der Waals surface area contributed by atoms with Crippen molar-refractivity contribution in [1.82, 2.24) is 4.98 Å². The van der Waals surface area contributed by atoms with Gasteiger partial charge in [0.05, 0.1) is 18.7 Å². The van der Waals surface area contributed by atoms with Gasteiger partial charge in [-0.05, 0) is 12.1 Å². The van der Waals surface area contributed by atoms with Crippen LogP contribution in [0.5, 0.6) is 0 Å². The third-order valence-electron chi connectivity index (χ3n) is 2.89. The maximum Gasteiger partial charge on any atom is 0.230 e. The van der Waals surface area contributed by atoms with Gasteiger partial charge in [-0.2, -0.15) is 0 Å². The molecular formula is C13H20N2O2Si. The fourth-order valence-electron chi connectivity index (χ4n) is 1.76. The maximum atomic E-state index is 11.2. The molecule has 0 atom stereocenters. The van der Waals surface area contributed by atoms with E-state index >= 15 is 0 Å². The highest BCUT2D eigenvalue weighted by atomic mass is 28.3. The summed E-state index contributed by atoms with van der Waals surface area (Å²) in [6, 6.07) is 5.06. The molecule has 0 aromatic carbocycles. The predicted octanol–water partition coefficient (Wildman–Crippen LogP) is 2.43. The van der Waals surface area contributed by atoms with Crippen molar-refractivity contribution in [1.29, 1.82) is 0 Å². The highest BCUT2D eigenvalue weighted by Gasteiger charge is 2.19. The zero-order chi connectivity index (χ0) is 13.2. The number of hydrogen-bond donors (Lipinski definition) is 1. The number of rotatable bonds is 5. The lowest BCUT2D eigenvalue weighted by Crippen LogP contribution is -2.21. The molecule has 5 heteroatoms. The SMILES string of the molecule is C[Si](C)(C)CCOCc1ccc2c(n1)NC(=O)C2. The maximum absolute atomic E-state index is 11.2. The van der Waals surface area contributed by atoms with Gasteiger partial charge in [-0.25, -0.2) is 4.98 Å². The van der Waals surface area contributed by atoms with Crippen molar-refractivity contribution < 1.29 is 9.53 Å². The van der Waals surface area contributed by atoms with Crippen molar-refractivity contribution in [2.24, 2.45) is 0 Å². The van der Waals surface area contributed by atoms with Crippen LogP contribution in [-0.2, 0) is 22.6 Å². The Hall–Kier alpha value is -1.20. The molecule has 0 radical (unpaired) electrons. The standard InChI is InChI=1S/C13H20N2O2Si/c1-18(2,3)7-6-17-9-11-5-4-10-8-12(16)15-13(10)14-11/h4-5H,6-9H2,1-3H3,(H,14,15,16). The summed E-state index contributed by atoms with van der Waals surface area (Å²) in [6.45, 7) is 8.31. The summed E-state index contributed by atoms with van der Waals surface area (Å²) in [4.78, 5) is 15.6. The predicted molar refractivity (Wildman–Crippen MR) is 74.4 cm³/mol. The molecule has 1 aliphatic heterocycles. The molecule has 0 aliphatic carbocycles. The molecule has 2 heterocycles. The summed E-state index contributed by atoms with van der Waals surface area (Å²) in [5.41, 5.74) is 1.86. The van der Waals surface area contributed by atoms with Gasteiger partial charge in [0, 0.05) is 20.2 Å². The lowest BCUT2D eigenvalue weighted by atomic mass is 10.2. The normalized spacial score (nSPS) is 14.5. The van der Waals surface area contributed by atoms with Gasteiger partial charge in [-0.1, -0.05) is 25.7 Å². The molecule has 0 fully saturated rings. The highest BCUT2D eigenvalue weighted by Crippen LogP contribution is 2.20. The molecule has 1 amide bonds. The minimum atomic E-state index is -1.02. The van der Waals surface area contributed by atoms with Crippen LogP contribution in [0, 0.1) is 0 Å². The fourth-order valence-corrected chi connectivity index (χ4v) is 2.52. The number of hydrogen-bond acceptors (Lipinski definition) is 3. The minimum Gasteiger partial charge on any atom is -0.375 e. The van der Waals surface area contributed by atoms with E-state index in [9.17, 15) is 4.79 Å². The van der Waals surface area contributed by atoms with Crippen LogP contribution in [0.1, 0.15) is 11.3 Å². The van der Waals surface area contributed by atoms with Crippen LogP contribution in [0.3, 0.4) is 0 Å². The molecule has 0 saturated carbocycles. The Kier molecular flexibility index (Phi) is 3.82. The van der Waals surface area contributed by atoms with Crippen LogP contribution in [0.4, 0.5) is 5.82 Å². The first kappa shape index (κ1) is 13.2. The monoisotopic (exact) mass is 264 g/mol. The van der Waals surface area contributed by atoms with E-state index < -0.39 is 8.07 Å². The van der Waals surface area contributed by atoms with E-state index in [0.717, 1.165) is 23.9 Å². The van der Waals surface area contributed by atoms with Crippen molar-refractivity contribution >= 4 is 19.8 Å². The summed E-state index contributed by atoms with van der Waals surface area (Å²) in [5.74, 6) is 0.723. The average molecular weight is 264 g/mol. The number of pyridine rings is 1. The molecule has 1 aromatic heterocycles. The Balaban J connectivity index is 1.84. The quantitative estimate of drug-likeness (QED) is 0.656. The molecule has 0 unspecified atom stereocenters. The Labute approximate surface area is 109 Å². The van der Waals surface area contributed by atoms with Gasteiger partial charge in [0.2, 0.25) is 5.91 Å². The van der Waals surface area contributed by atoms with E-state index in [2.05, 4.69) is 29.9 Å². The third-order valence-corrected chi connectivity index (χ3v) is 4.60. The Morgan fingerprint density at radius 1 is 1.39 bits per heavy atom. The highest BCUT2D eigenvalue weighted by molar-refractivity contribution is 6.76. The fraction of sp³-hybridized carbons (Fsp3) is 0.538. The van der Waals surface area contributed by atoms with Crippen LogP contribution >= 0.6 is 0 Å². The zero-order valence-corrected chi connectivity index (χ0v) is 12.2. The number of anilines is 1. The second-order valence-corrected chi connectivity index (χ2v) is 11.5. The Bertz CT molecular complexity index is 455. The molecule has 18 heavy (non-hydrogen) atoms. The summed E-state index contributed by atoms with van der Waals surface area (Å²) in [6.07, 6.45) is 0.444. The second kappa shape index (κ2) is 5.20. The van der Waals surface area contributed by atoms with Gasteiger partial charge in [0.25, 0.3) is 0 Å². The van der Waals surface area contributed by atoms with Crippen LogP contribution in [0.25, 0.3) is 0 Å². The molecule has 1 aliphatic rings. The number of nitrogens with zero attached hydrogens (tertiary/aromatic N) is 1. The van der Waals surface area contributed by atoms with Gasteiger partial charge in [-0.3, -0.25) is 4.79 Å². The molecule has 2 rings (SSSR count). The lowest BCUT2D eigenvalue weighted by Gasteiger charge is -2.15. The number of aromatic nitrogens is 1. The number of carbonyl (C=O) groups excluding carboxylic acids is 1. The molecule has 0 bridgehead atoms. The van der Waals surface area contributed by atoms with Crippen molar-refractivity contribution in [2.75, 3.05) is 11.9 Å². The van der Waals surface area contributed by atoms with Crippen molar-refractivity contribution in [3.05, 3.63) is 23.4 Å². The Morgan fingerprint density at radius 2 is 2.17 bits per heavy atom. The number of nitrogens with one attached hydrogen (secondary N) is 1. The van der Waals surface area contributed by atoms with Gasteiger partial charge >= 0.3 is 0 Å². The van der Waals surface area contributed by atoms with E-state index in [-0.39, 0.29) is 5.91 Å². The molecule has 4 nitrogen and oxygen atoms in total. The second-order valence-electron chi connectivity index (χ2n) is 5.90. The van der Waals surface area contributed by atoms with Crippen molar-refractivity contribution in [3.63, 3.8) is 0 Å². The topological polar surface area (TPSA) is 51.2 Å². The smallest absolute Gasteiger partial charge is 0.230 e. The summed E-state index contributed by atoms with van der Waals surface area (Å²) < 4.78 is 5.64. The van der Waals surface area contributed by atoms with Gasteiger partial charge < -0.3 is 10.1 Å². The van der Waals surface area contributed by atoms with Crippen molar-refractivity contribution in [3.8, 4) is 0 Å². The van der Waals surface area contributed by atoms with Gasteiger partial charge in [0.1, 0.15) is 5.82 Å².